The van der Waals surface area contributed by atoms with Crippen LogP contribution in [0, 0.1) is 0 Å². The van der Waals surface area contributed by atoms with Gasteiger partial charge in [-0.3, -0.25) is 14.5 Å². The highest BCUT2D eigenvalue weighted by molar-refractivity contribution is 6.31. The minimum absolute atomic E-state index is 0.0570. The van der Waals surface area contributed by atoms with Crippen LogP contribution >= 0.6 is 11.6 Å². The maximum absolute atomic E-state index is 11.2. The summed E-state index contributed by atoms with van der Waals surface area (Å²) in [6, 6.07) is 5.24. The maximum Gasteiger partial charge on any atom is 0.317 e. The molecule has 5 nitrogen and oxygen atoms in total. The first kappa shape index (κ1) is 16.5. The van der Waals surface area contributed by atoms with Crippen LogP contribution in [0.15, 0.2) is 18.2 Å². The Labute approximate surface area is 123 Å². The van der Waals surface area contributed by atoms with Gasteiger partial charge in [0.1, 0.15) is 0 Å². The predicted octanol–water partition coefficient (Wildman–Crippen LogP) is 2.60. The summed E-state index contributed by atoms with van der Waals surface area (Å²) in [7, 11) is 0. The summed E-state index contributed by atoms with van der Waals surface area (Å²) < 4.78 is 0. The molecule has 0 saturated heterocycles. The lowest BCUT2D eigenvalue weighted by molar-refractivity contribution is -0.138. The van der Waals surface area contributed by atoms with Crippen molar-refractivity contribution in [3.63, 3.8) is 0 Å². The molecule has 6 heteroatoms. The third kappa shape index (κ3) is 5.19. The summed E-state index contributed by atoms with van der Waals surface area (Å²) in [5, 5.41) is 12.2. The summed E-state index contributed by atoms with van der Waals surface area (Å²) in [4.78, 5) is 23.9. The molecule has 0 aromatic heterocycles. The Morgan fingerprint density at radius 3 is 2.65 bits per heavy atom. The highest BCUT2D eigenvalue weighted by atomic mass is 35.5. The van der Waals surface area contributed by atoms with Crippen molar-refractivity contribution in [2.45, 2.75) is 26.8 Å². The van der Waals surface area contributed by atoms with Crippen LogP contribution in [0.3, 0.4) is 0 Å². The molecule has 1 aromatic rings. The van der Waals surface area contributed by atoms with Crippen molar-refractivity contribution in [2.75, 3.05) is 18.4 Å². The number of amides is 1. The number of hydrogen-bond acceptors (Lipinski definition) is 3. The van der Waals surface area contributed by atoms with Crippen LogP contribution in [0.1, 0.15) is 25.8 Å². The first-order valence-electron chi connectivity index (χ1n) is 6.43. The van der Waals surface area contributed by atoms with Gasteiger partial charge in [0.15, 0.2) is 0 Å². The lowest BCUT2D eigenvalue weighted by Crippen LogP contribution is -2.30. The van der Waals surface area contributed by atoms with Crippen LogP contribution in [0.5, 0.6) is 0 Å². The largest absolute Gasteiger partial charge is 0.480 e. The number of carboxylic acids is 1. The van der Waals surface area contributed by atoms with E-state index in [2.05, 4.69) is 5.32 Å². The van der Waals surface area contributed by atoms with Gasteiger partial charge >= 0.3 is 5.97 Å². The lowest BCUT2D eigenvalue weighted by atomic mass is 10.1. The Morgan fingerprint density at radius 2 is 2.10 bits per heavy atom. The van der Waals surface area contributed by atoms with E-state index in [9.17, 15) is 9.59 Å². The first-order valence-corrected chi connectivity index (χ1v) is 6.81. The third-order valence-corrected chi connectivity index (χ3v) is 3.06. The van der Waals surface area contributed by atoms with Crippen LogP contribution in [-0.2, 0) is 16.1 Å². The number of aliphatic carboxylic acids is 1. The Balaban J connectivity index is 2.97. The van der Waals surface area contributed by atoms with Crippen molar-refractivity contribution < 1.29 is 14.7 Å². The van der Waals surface area contributed by atoms with E-state index < -0.39 is 5.97 Å². The topological polar surface area (TPSA) is 69.6 Å². The second kappa shape index (κ2) is 7.87. The van der Waals surface area contributed by atoms with Gasteiger partial charge < -0.3 is 10.4 Å². The van der Waals surface area contributed by atoms with Gasteiger partial charge in [0.25, 0.3) is 0 Å². The minimum Gasteiger partial charge on any atom is -0.480 e. The second-order valence-electron chi connectivity index (χ2n) is 4.55. The van der Waals surface area contributed by atoms with Crippen LogP contribution in [0.25, 0.3) is 0 Å². The number of nitrogens with zero attached hydrogens (tertiary/aromatic N) is 1. The molecule has 1 aromatic carbocycles. The number of benzene rings is 1. The molecule has 0 unspecified atom stereocenters. The number of carbonyl (C=O) groups excluding carboxylic acids is 1. The number of carbonyl (C=O) groups is 2. The van der Waals surface area contributed by atoms with Crippen molar-refractivity contribution in [3.8, 4) is 0 Å². The fourth-order valence-electron chi connectivity index (χ4n) is 1.97. The molecule has 0 fully saturated rings. The van der Waals surface area contributed by atoms with Crippen LogP contribution in [0.4, 0.5) is 5.69 Å². The molecule has 0 aliphatic rings. The molecular weight excluding hydrogens is 280 g/mol. The SMILES string of the molecule is CCCN(CC(=O)O)Cc1c(Cl)cccc1NC(C)=O. The fraction of sp³-hybridized carbons (Fsp3) is 0.429. The molecule has 0 aliphatic carbocycles. The van der Waals surface area contributed by atoms with Crippen molar-refractivity contribution in [2.24, 2.45) is 0 Å². The average molecular weight is 299 g/mol. The van der Waals surface area contributed by atoms with E-state index >= 15 is 0 Å². The normalized spacial score (nSPS) is 10.6. The number of rotatable bonds is 7. The number of nitrogens with one attached hydrogen (secondary N) is 1. The molecule has 0 bridgehead atoms. The summed E-state index contributed by atoms with van der Waals surface area (Å²) >= 11 is 6.17. The average Bonchev–Trinajstić information content (AvgIpc) is 2.32. The van der Waals surface area contributed by atoms with Crippen molar-refractivity contribution in [1.29, 1.82) is 0 Å². The molecule has 1 rings (SSSR count). The van der Waals surface area contributed by atoms with E-state index in [1.807, 2.05) is 6.92 Å². The Hall–Kier alpha value is -1.59. The van der Waals surface area contributed by atoms with Crippen LogP contribution in [0.2, 0.25) is 5.02 Å². The molecule has 110 valence electrons. The summed E-state index contributed by atoms with van der Waals surface area (Å²) in [5.74, 6) is -1.07. The lowest BCUT2D eigenvalue weighted by Gasteiger charge is -2.22. The van der Waals surface area contributed by atoms with Crippen molar-refractivity contribution in [3.05, 3.63) is 28.8 Å². The monoisotopic (exact) mass is 298 g/mol. The van der Waals surface area contributed by atoms with Gasteiger partial charge in [-0.15, -0.1) is 0 Å². The molecule has 0 aliphatic heterocycles. The number of carboxylic acid groups (broad SMARTS) is 1. The van der Waals surface area contributed by atoms with Crippen LogP contribution in [-0.4, -0.2) is 35.0 Å². The zero-order chi connectivity index (χ0) is 15.1. The Kier molecular flexibility index (Phi) is 6.48. The highest BCUT2D eigenvalue weighted by Crippen LogP contribution is 2.26. The number of hydrogen-bond donors (Lipinski definition) is 2. The van der Waals surface area contributed by atoms with Gasteiger partial charge in [-0.1, -0.05) is 24.6 Å². The molecule has 2 N–H and O–H groups in total. The standard InChI is InChI=1S/C14H19ClN2O3/c1-3-7-17(9-14(19)20)8-11-12(15)5-4-6-13(11)16-10(2)18/h4-6H,3,7-9H2,1-2H3,(H,16,18)(H,19,20). The third-order valence-electron chi connectivity index (χ3n) is 2.71. The smallest absolute Gasteiger partial charge is 0.317 e. The van der Waals surface area contributed by atoms with Gasteiger partial charge in [-0.05, 0) is 25.1 Å². The van der Waals surface area contributed by atoms with Gasteiger partial charge in [-0.25, -0.2) is 0 Å². The molecule has 20 heavy (non-hydrogen) atoms. The van der Waals surface area contributed by atoms with Crippen molar-refractivity contribution >= 4 is 29.2 Å². The molecule has 0 saturated carbocycles. The molecule has 1 amide bonds. The maximum atomic E-state index is 11.2. The zero-order valence-electron chi connectivity index (χ0n) is 11.6. The van der Waals surface area contributed by atoms with E-state index in [1.54, 1.807) is 23.1 Å². The molecule has 0 heterocycles. The van der Waals surface area contributed by atoms with Gasteiger partial charge in [-0.2, -0.15) is 0 Å². The minimum atomic E-state index is -0.883. The highest BCUT2D eigenvalue weighted by Gasteiger charge is 2.15. The Bertz CT molecular complexity index is 491. The fourth-order valence-corrected chi connectivity index (χ4v) is 2.21. The first-order chi connectivity index (χ1) is 9.43. The van der Waals surface area contributed by atoms with E-state index in [1.165, 1.54) is 6.92 Å². The second-order valence-corrected chi connectivity index (χ2v) is 4.96. The summed E-state index contributed by atoms with van der Waals surface area (Å²) in [6.07, 6.45) is 0.840. The van der Waals surface area contributed by atoms with E-state index in [-0.39, 0.29) is 12.5 Å². The quantitative estimate of drug-likeness (QED) is 0.812. The molecular formula is C14H19ClN2O3. The zero-order valence-corrected chi connectivity index (χ0v) is 12.4. The summed E-state index contributed by atoms with van der Waals surface area (Å²) in [5.41, 5.74) is 1.36. The molecule has 0 atom stereocenters. The number of anilines is 1. The van der Waals surface area contributed by atoms with Crippen LogP contribution < -0.4 is 5.32 Å². The van der Waals surface area contributed by atoms with E-state index in [0.29, 0.717) is 23.8 Å². The number of halogens is 1. The van der Waals surface area contributed by atoms with Gasteiger partial charge in [0.05, 0.1) is 6.54 Å². The van der Waals surface area contributed by atoms with E-state index in [4.69, 9.17) is 16.7 Å². The van der Waals surface area contributed by atoms with Crippen molar-refractivity contribution in [1.82, 2.24) is 4.90 Å². The predicted molar refractivity (Wildman–Crippen MR) is 79.0 cm³/mol. The molecule has 0 spiro atoms. The Morgan fingerprint density at radius 1 is 1.40 bits per heavy atom. The van der Waals surface area contributed by atoms with Gasteiger partial charge in [0, 0.05) is 29.7 Å². The molecule has 0 radical (unpaired) electrons. The van der Waals surface area contributed by atoms with Gasteiger partial charge in [0.2, 0.25) is 5.91 Å². The summed E-state index contributed by atoms with van der Waals surface area (Å²) in [6.45, 7) is 4.38. The van der Waals surface area contributed by atoms with E-state index in [0.717, 1.165) is 12.0 Å².